The fourth-order valence-electron chi connectivity index (χ4n) is 2.01. The molecule has 0 bridgehead atoms. The molecule has 2 amide bonds. The molecule has 26 heavy (non-hydrogen) atoms. The van der Waals surface area contributed by atoms with Gasteiger partial charge in [0.25, 0.3) is 5.91 Å². The van der Waals surface area contributed by atoms with Gasteiger partial charge in [-0.25, -0.2) is 5.43 Å². The van der Waals surface area contributed by atoms with Crippen LogP contribution >= 0.6 is 23.2 Å². The van der Waals surface area contributed by atoms with Crippen molar-refractivity contribution in [1.29, 1.82) is 0 Å². The zero-order valence-electron chi connectivity index (χ0n) is 14.2. The van der Waals surface area contributed by atoms with Crippen molar-refractivity contribution >= 4 is 46.4 Å². The first-order valence-electron chi connectivity index (χ1n) is 7.61. The van der Waals surface area contributed by atoms with Crippen molar-refractivity contribution in [1.82, 2.24) is 5.43 Å². The smallest absolute Gasteiger partial charge is 0.271 e. The van der Waals surface area contributed by atoms with Crippen molar-refractivity contribution < 1.29 is 14.3 Å². The number of carbonyl (C=O) groups is 2. The van der Waals surface area contributed by atoms with Gasteiger partial charge in [-0.2, -0.15) is 5.10 Å². The number of nitrogens with zero attached hydrogens (tertiary/aromatic N) is 1. The molecule has 0 spiro atoms. The third-order valence-corrected chi connectivity index (χ3v) is 3.87. The first-order valence-corrected chi connectivity index (χ1v) is 8.37. The molecule has 2 aromatic rings. The molecule has 0 saturated heterocycles. The SMILES string of the molecule is COc1ccc(C(=O)N/N=C(\C)CC(=O)Nc2ccc(Cl)cc2Cl)cc1. The van der Waals surface area contributed by atoms with Crippen LogP contribution in [0, 0.1) is 0 Å². The molecular weight excluding hydrogens is 377 g/mol. The largest absolute Gasteiger partial charge is 0.497 e. The average molecular weight is 394 g/mol. The van der Waals surface area contributed by atoms with Gasteiger partial charge in [-0.1, -0.05) is 23.2 Å². The second kappa shape index (κ2) is 9.22. The summed E-state index contributed by atoms with van der Waals surface area (Å²) in [6.07, 6.45) is 0.00183. The molecule has 0 aromatic heterocycles. The molecule has 2 aromatic carbocycles. The molecule has 2 N–H and O–H groups in total. The number of ether oxygens (including phenoxy) is 1. The highest BCUT2D eigenvalue weighted by Gasteiger charge is 2.09. The summed E-state index contributed by atoms with van der Waals surface area (Å²) < 4.78 is 5.03. The Balaban J connectivity index is 1.90. The van der Waals surface area contributed by atoms with E-state index in [2.05, 4.69) is 15.8 Å². The van der Waals surface area contributed by atoms with Gasteiger partial charge in [0.05, 0.1) is 24.2 Å². The molecule has 0 saturated carbocycles. The third kappa shape index (κ3) is 5.75. The van der Waals surface area contributed by atoms with Crippen molar-refractivity contribution in [3.8, 4) is 5.75 Å². The highest BCUT2D eigenvalue weighted by Crippen LogP contribution is 2.25. The first kappa shape index (κ1) is 19.8. The van der Waals surface area contributed by atoms with Crippen LogP contribution in [0.2, 0.25) is 10.0 Å². The highest BCUT2D eigenvalue weighted by molar-refractivity contribution is 6.36. The lowest BCUT2D eigenvalue weighted by atomic mass is 10.2. The molecule has 0 heterocycles. The van der Waals surface area contributed by atoms with E-state index in [1.807, 2.05) is 0 Å². The molecule has 136 valence electrons. The van der Waals surface area contributed by atoms with Crippen LogP contribution in [0.3, 0.4) is 0 Å². The number of hydrogen-bond donors (Lipinski definition) is 2. The number of hydrogen-bond acceptors (Lipinski definition) is 4. The molecular formula is C18H17Cl2N3O3. The quantitative estimate of drug-likeness (QED) is 0.571. The Morgan fingerprint density at radius 3 is 2.42 bits per heavy atom. The summed E-state index contributed by atoms with van der Waals surface area (Å²) in [7, 11) is 1.55. The maximum atomic E-state index is 12.0. The zero-order chi connectivity index (χ0) is 19.1. The summed E-state index contributed by atoms with van der Waals surface area (Å²) in [5.74, 6) is -0.0407. The molecule has 0 aliphatic heterocycles. The molecule has 2 rings (SSSR count). The molecule has 0 aliphatic rings. The van der Waals surface area contributed by atoms with Gasteiger partial charge in [-0.3, -0.25) is 9.59 Å². The van der Waals surface area contributed by atoms with E-state index in [-0.39, 0.29) is 18.2 Å². The van der Waals surface area contributed by atoms with Crippen LogP contribution in [0.1, 0.15) is 23.7 Å². The maximum absolute atomic E-state index is 12.0. The number of nitrogens with one attached hydrogen (secondary N) is 2. The predicted molar refractivity (Wildman–Crippen MR) is 103 cm³/mol. The zero-order valence-corrected chi connectivity index (χ0v) is 15.7. The topological polar surface area (TPSA) is 79.8 Å². The Morgan fingerprint density at radius 2 is 1.81 bits per heavy atom. The number of methoxy groups -OCH3 is 1. The fourth-order valence-corrected chi connectivity index (χ4v) is 2.47. The lowest BCUT2D eigenvalue weighted by Gasteiger charge is -2.08. The van der Waals surface area contributed by atoms with Gasteiger partial charge in [0.1, 0.15) is 5.75 Å². The lowest BCUT2D eigenvalue weighted by Crippen LogP contribution is -2.21. The van der Waals surface area contributed by atoms with Crippen LogP contribution in [0.4, 0.5) is 5.69 Å². The Hall–Kier alpha value is -2.57. The summed E-state index contributed by atoms with van der Waals surface area (Å²) in [6, 6.07) is 11.4. The normalized spacial score (nSPS) is 11.0. The van der Waals surface area contributed by atoms with Crippen LogP contribution in [-0.2, 0) is 4.79 Å². The van der Waals surface area contributed by atoms with Crippen molar-refractivity contribution in [3.05, 3.63) is 58.1 Å². The number of anilines is 1. The van der Waals surface area contributed by atoms with Crippen molar-refractivity contribution in [2.45, 2.75) is 13.3 Å². The number of rotatable bonds is 6. The molecule has 0 radical (unpaired) electrons. The van der Waals surface area contributed by atoms with Crippen molar-refractivity contribution in [3.63, 3.8) is 0 Å². The van der Waals surface area contributed by atoms with Gasteiger partial charge < -0.3 is 10.1 Å². The Bertz CT molecular complexity index is 836. The average Bonchev–Trinajstić information content (AvgIpc) is 2.62. The van der Waals surface area contributed by atoms with E-state index in [1.54, 1.807) is 50.4 Å². The minimum absolute atomic E-state index is 0.00183. The van der Waals surface area contributed by atoms with Gasteiger partial charge >= 0.3 is 0 Å². The summed E-state index contributed by atoms with van der Waals surface area (Å²) in [4.78, 5) is 24.0. The summed E-state index contributed by atoms with van der Waals surface area (Å²) in [5, 5.41) is 7.42. The standard InChI is InChI=1S/C18H17Cl2N3O3/c1-11(9-17(24)21-16-8-5-13(19)10-15(16)20)22-23-18(25)12-3-6-14(26-2)7-4-12/h3-8,10H,9H2,1-2H3,(H,21,24)(H,23,25)/b22-11+. The van der Waals surface area contributed by atoms with E-state index in [0.717, 1.165) is 0 Å². The van der Waals surface area contributed by atoms with Crippen LogP contribution in [0.5, 0.6) is 5.75 Å². The monoisotopic (exact) mass is 393 g/mol. The first-order chi connectivity index (χ1) is 12.4. The molecule has 0 fully saturated rings. The van der Waals surface area contributed by atoms with E-state index in [9.17, 15) is 9.59 Å². The van der Waals surface area contributed by atoms with E-state index < -0.39 is 0 Å². The van der Waals surface area contributed by atoms with E-state index in [1.165, 1.54) is 6.07 Å². The molecule has 0 atom stereocenters. The second-order valence-corrected chi connectivity index (χ2v) is 6.21. The summed E-state index contributed by atoms with van der Waals surface area (Å²) >= 11 is 11.8. The Labute approximate surface area is 161 Å². The molecule has 0 unspecified atom stereocenters. The van der Waals surface area contributed by atoms with Crippen molar-refractivity contribution in [2.24, 2.45) is 5.10 Å². The van der Waals surface area contributed by atoms with E-state index in [4.69, 9.17) is 27.9 Å². The van der Waals surface area contributed by atoms with E-state index >= 15 is 0 Å². The number of amides is 2. The minimum atomic E-state index is -0.381. The highest BCUT2D eigenvalue weighted by atomic mass is 35.5. The van der Waals surface area contributed by atoms with Gasteiger partial charge in [-0.15, -0.1) is 0 Å². The number of halogens is 2. The predicted octanol–water partition coefficient (Wildman–Crippen LogP) is 4.14. The maximum Gasteiger partial charge on any atom is 0.271 e. The third-order valence-electron chi connectivity index (χ3n) is 3.32. The van der Waals surface area contributed by atoms with Gasteiger partial charge in [0.2, 0.25) is 5.91 Å². The van der Waals surface area contributed by atoms with Crippen molar-refractivity contribution in [2.75, 3.05) is 12.4 Å². The Morgan fingerprint density at radius 1 is 1.12 bits per heavy atom. The molecule has 6 nitrogen and oxygen atoms in total. The van der Waals surface area contributed by atoms with Gasteiger partial charge in [0, 0.05) is 16.3 Å². The fraction of sp³-hybridized carbons (Fsp3) is 0.167. The van der Waals surface area contributed by atoms with Crippen LogP contribution in [0.25, 0.3) is 0 Å². The van der Waals surface area contributed by atoms with Crippen LogP contribution in [0.15, 0.2) is 47.6 Å². The summed E-state index contributed by atoms with van der Waals surface area (Å²) in [6.45, 7) is 1.64. The molecule has 8 heteroatoms. The number of hydrazone groups is 1. The van der Waals surface area contributed by atoms with Gasteiger partial charge in [-0.05, 0) is 49.4 Å². The number of carbonyl (C=O) groups excluding carboxylic acids is 2. The second-order valence-electron chi connectivity index (χ2n) is 5.37. The molecule has 0 aliphatic carbocycles. The van der Waals surface area contributed by atoms with Gasteiger partial charge in [0.15, 0.2) is 0 Å². The lowest BCUT2D eigenvalue weighted by molar-refractivity contribution is -0.115. The Kier molecular flexibility index (Phi) is 7.00. The number of benzene rings is 2. The van der Waals surface area contributed by atoms with Crippen LogP contribution in [-0.4, -0.2) is 24.6 Å². The van der Waals surface area contributed by atoms with E-state index in [0.29, 0.717) is 32.8 Å². The van der Waals surface area contributed by atoms with Crippen LogP contribution < -0.4 is 15.5 Å². The summed E-state index contributed by atoms with van der Waals surface area (Å²) in [5.41, 5.74) is 3.73. The minimum Gasteiger partial charge on any atom is -0.497 e.